The third kappa shape index (κ3) is 3.36. The molecule has 2 heterocycles. The van der Waals surface area contributed by atoms with Crippen LogP contribution in [0.5, 0.6) is 5.75 Å². The SMILES string of the molecule is COc1ccc(N2C(=O)C[C@@H](Sc3nc4c(cc3C#N)CCCC4)C2=O)cc1. The average Bonchev–Trinajstić information content (AvgIpc) is 3.00. The first kappa shape index (κ1) is 18.5. The number of pyridine rings is 1. The Labute approximate surface area is 167 Å². The number of aromatic nitrogens is 1. The molecule has 0 spiro atoms. The highest BCUT2D eigenvalue weighted by atomic mass is 32.2. The number of nitrogens with zero attached hydrogens (tertiary/aromatic N) is 3. The number of thioether (sulfide) groups is 1. The van der Waals surface area contributed by atoms with E-state index in [0.717, 1.165) is 36.9 Å². The van der Waals surface area contributed by atoms with E-state index >= 15 is 0 Å². The molecule has 1 aliphatic carbocycles. The maximum Gasteiger partial charge on any atom is 0.247 e. The summed E-state index contributed by atoms with van der Waals surface area (Å²) < 4.78 is 5.13. The quantitative estimate of drug-likeness (QED) is 0.742. The lowest BCUT2D eigenvalue weighted by molar-refractivity contribution is -0.121. The Morgan fingerprint density at radius 2 is 1.96 bits per heavy atom. The highest BCUT2D eigenvalue weighted by molar-refractivity contribution is 8.00. The Hall–Kier alpha value is -2.85. The van der Waals surface area contributed by atoms with Crippen molar-refractivity contribution in [2.45, 2.75) is 42.4 Å². The van der Waals surface area contributed by atoms with Gasteiger partial charge >= 0.3 is 0 Å². The van der Waals surface area contributed by atoms with Gasteiger partial charge in [-0.3, -0.25) is 9.59 Å². The van der Waals surface area contributed by atoms with E-state index in [0.29, 0.717) is 22.0 Å². The van der Waals surface area contributed by atoms with E-state index in [1.807, 2.05) is 6.07 Å². The first-order valence-corrected chi connectivity index (χ1v) is 10.1. The molecule has 0 saturated carbocycles. The summed E-state index contributed by atoms with van der Waals surface area (Å²) in [6.07, 6.45) is 4.12. The van der Waals surface area contributed by atoms with Gasteiger partial charge in [0.25, 0.3) is 0 Å². The number of hydrogen-bond donors (Lipinski definition) is 0. The molecule has 0 unspecified atom stereocenters. The maximum atomic E-state index is 12.9. The minimum absolute atomic E-state index is 0.0964. The topological polar surface area (TPSA) is 83.3 Å². The molecule has 1 saturated heterocycles. The molecule has 2 amide bonds. The zero-order valence-corrected chi connectivity index (χ0v) is 16.3. The van der Waals surface area contributed by atoms with Gasteiger partial charge in [0.15, 0.2) is 0 Å². The van der Waals surface area contributed by atoms with E-state index in [4.69, 9.17) is 4.74 Å². The van der Waals surface area contributed by atoms with Crippen molar-refractivity contribution in [3.63, 3.8) is 0 Å². The average molecular weight is 393 g/mol. The number of amides is 2. The van der Waals surface area contributed by atoms with Gasteiger partial charge < -0.3 is 4.74 Å². The number of carbonyl (C=O) groups is 2. The molecule has 28 heavy (non-hydrogen) atoms. The van der Waals surface area contributed by atoms with E-state index in [2.05, 4.69) is 11.1 Å². The van der Waals surface area contributed by atoms with Crippen LogP contribution in [-0.4, -0.2) is 29.2 Å². The number of aryl methyl sites for hydroxylation is 2. The van der Waals surface area contributed by atoms with Gasteiger partial charge in [-0.2, -0.15) is 5.26 Å². The number of carbonyl (C=O) groups excluding carboxylic acids is 2. The van der Waals surface area contributed by atoms with Crippen molar-refractivity contribution in [3.05, 3.63) is 47.2 Å². The molecular weight excluding hydrogens is 374 g/mol. The number of methoxy groups -OCH3 is 1. The van der Waals surface area contributed by atoms with Crippen LogP contribution in [-0.2, 0) is 22.4 Å². The zero-order valence-electron chi connectivity index (χ0n) is 15.5. The van der Waals surface area contributed by atoms with E-state index in [9.17, 15) is 14.9 Å². The molecule has 142 valence electrons. The molecule has 0 bridgehead atoms. The summed E-state index contributed by atoms with van der Waals surface area (Å²) in [5, 5.41) is 9.49. The third-order valence-corrected chi connectivity index (χ3v) is 6.26. The molecular formula is C21H19N3O3S. The maximum absolute atomic E-state index is 12.9. The number of benzene rings is 1. The number of rotatable bonds is 4. The van der Waals surface area contributed by atoms with Crippen LogP contribution >= 0.6 is 11.8 Å². The second-order valence-electron chi connectivity index (χ2n) is 6.84. The summed E-state index contributed by atoms with van der Waals surface area (Å²) in [7, 11) is 1.56. The third-order valence-electron chi connectivity index (χ3n) is 5.08. The predicted octanol–water partition coefficient (Wildman–Crippen LogP) is 3.26. The standard InChI is InChI=1S/C21H19N3O3S/c1-27-16-8-6-15(7-9-16)24-19(25)11-18(21(24)26)28-20-14(12-22)10-13-4-2-3-5-17(13)23-20/h6-10,18H,2-5,11H2,1H3/t18-/m1/s1. The summed E-state index contributed by atoms with van der Waals surface area (Å²) in [6, 6.07) is 10.9. The normalized spacial score (nSPS) is 18.7. The van der Waals surface area contributed by atoms with E-state index in [1.54, 1.807) is 31.4 Å². The fourth-order valence-electron chi connectivity index (χ4n) is 3.62. The van der Waals surface area contributed by atoms with Crippen molar-refractivity contribution in [1.82, 2.24) is 4.98 Å². The molecule has 1 fully saturated rings. The second-order valence-corrected chi connectivity index (χ2v) is 8.03. The van der Waals surface area contributed by atoms with E-state index in [1.165, 1.54) is 16.7 Å². The molecule has 2 aliphatic rings. The van der Waals surface area contributed by atoms with Crippen molar-refractivity contribution >= 4 is 29.3 Å². The molecule has 4 rings (SSSR count). The Balaban J connectivity index is 1.58. The molecule has 7 heteroatoms. The van der Waals surface area contributed by atoms with E-state index in [-0.39, 0.29) is 18.2 Å². The van der Waals surface area contributed by atoms with Crippen molar-refractivity contribution in [2.24, 2.45) is 0 Å². The molecule has 1 atom stereocenters. The predicted molar refractivity (Wildman–Crippen MR) is 105 cm³/mol. The minimum Gasteiger partial charge on any atom is -0.497 e. The molecule has 1 aliphatic heterocycles. The zero-order chi connectivity index (χ0) is 19.7. The molecule has 6 nitrogen and oxygen atoms in total. The Kier molecular flexibility index (Phi) is 5.05. The summed E-state index contributed by atoms with van der Waals surface area (Å²) in [5.74, 6) is 0.137. The summed E-state index contributed by atoms with van der Waals surface area (Å²) in [5.41, 5.74) is 3.14. The first-order valence-electron chi connectivity index (χ1n) is 9.21. The van der Waals surface area contributed by atoms with Crippen molar-refractivity contribution in [2.75, 3.05) is 12.0 Å². The monoisotopic (exact) mass is 393 g/mol. The van der Waals surface area contributed by atoms with Crippen LogP contribution in [0.1, 0.15) is 36.1 Å². The van der Waals surface area contributed by atoms with Gasteiger partial charge in [0, 0.05) is 12.1 Å². The number of nitriles is 1. The molecule has 1 aromatic carbocycles. The van der Waals surface area contributed by atoms with E-state index < -0.39 is 5.25 Å². The molecule has 1 aromatic heterocycles. The van der Waals surface area contributed by atoms with Crippen molar-refractivity contribution in [3.8, 4) is 11.8 Å². The van der Waals surface area contributed by atoms with Gasteiger partial charge in [-0.1, -0.05) is 11.8 Å². The van der Waals surface area contributed by atoms with Gasteiger partial charge in [-0.05, 0) is 61.6 Å². The van der Waals surface area contributed by atoms with Crippen LogP contribution < -0.4 is 9.64 Å². The Morgan fingerprint density at radius 1 is 1.21 bits per heavy atom. The smallest absolute Gasteiger partial charge is 0.247 e. The second kappa shape index (κ2) is 7.64. The lowest BCUT2D eigenvalue weighted by atomic mass is 9.95. The largest absolute Gasteiger partial charge is 0.497 e. The van der Waals surface area contributed by atoms with Crippen molar-refractivity contribution in [1.29, 1.82) is 5.26 Å². The number of fused-ring (bicyclic) bond motifs is 1. The van der Waals surface area contributed by atoms with Crippen LogP contribution in [0.4, 0.5) is 5.69 Å². The summed E-state index contributed by atoms with van der Waals surface area (Å²) >= 11 is 1.22. The first-order chi connectivity index (χ1) is 13.6. The van der Waals surface area contributed by atoms with Gasteiger partial charge in [0.2, 0.25) is 11.8 Å². The van der Waals surface area contributed by atoms with Crippen molar-refractivity contribution < 1.29 is 14.3 Å². The summed E-state index contributed by atoms with van der Waals surface area (Å²) in [4.78, 5) is 31.3. The summed E-state index contributed by atoms with van der Waals surface area (Å²) in [6.45, 7) is 0. The Morgan fingerprint density at radius 3 is 2.68 bits per heavy atom. The number of imide groups is 1. The molecule has 0 radical (unpaired) electrons. The van der Waals surface area contributed by atoms with Crippen LogP contribution in [0.15, 0.2) is 35.4 Å². The van der Waals surface area contributed by atoms with Gasteiger partial charge in [0.05, 0.1) is 23.6 Å². The lowest BCUT2D eigenvalue weighted by Crippen LogP contribution is -2.31. The Bertz CT molecular complexity index is 982. The fraction of sp³-hybridized carbons (Fsp3) is 0.333. The lowest BCUT2D eigenvalue weighted by Gasteiger charge is -2.18. The van der Waals surface area contributed by atoms with Crippen LogP contribution in [0.3, 0.4) is 0 Å². The van der Waals surface area contributed by atoms with Crippen LogP contribution in [0.25, 0.3) is 0 Å². The molecule has 2 aromatic rings. The fourth-order valence-corrected chi connectivity index (χ4v) is 4.71. The van der Waals surface area contributed by atoms with Gasteiger partial charge in [-0.15, -0.1) is 0 Å². The van der Waals surface area contributed by atoms with Gasteiger partial charge in [-0.25, -0.2) is 9.88 Å². The highest BCUT2D eigenvalue weighted by Crippen LogP contribution is 2.36. The minimum atomic E-state index is -0.573. The molecule has 0 N–H and O–H groups in total. The van der Waals surface area contributed by atoms with Crippen LogP contribution in [0.2, 0.25) is 0 Å². The number of anilines is 1. The highest BCUT2D eigenvalue weighted by Gasteiger charge is 2.40. The number of ether oxygens (including phenoxy) is 1. The van der Waals surface area contributed by atoms with Gasteiger partial charge in [0.1, 0.15) is 16.8 Å². The number of hydrogen-bond acceptors (Lipinski definition) is 6. The van der Waals surface area contributed by atoms with Crippen LogP contribution in [0, 0.1) is 11.3 Å².